The van der Waals surface area contributed by atoms with E-state index in [9.17, 15) is 22.4 Å². The van der Waals surface area contributed by atoms with Crippen molar-refractivity contribution in [1.29, 1.82) is 0 Å². The summed E-state index contributed by atoms with van der Waals surface area (Å²) in [4.78, 5) is 27.3. The molecule has 0 aliphatic carbocycles. The second-order valence-corrected chi connectivity index (χ2v) is 12.0. The van der Waals surface area contributed by atoms with Crippen molar-refractivity contribution < 1.29 is 22.4 Å². The van der Waals surface area contributed by atoms with E-state index in [1.165, 1.54) is 28.6 Å². The summed E-state index contributed by atoms with van der Waals surface area (Å²) >= 11 is 0. The first kappa shape index (κ1) is 29.7. The van der Waals surface area contributed by atoms with Gasteiger partial charge in [-0.05, 0) is 56.5 Å². The van der Waals surface area contributed by atoms with E-state index in [2.05, 4.69) is 10.6 Å². The highest BCUT2D eigenvalue weighted by atomic mass is 32.2. The molecule has 0 bridgehead atoms. The summed E-state index contributed by atoms with van der Waals surface area (Å²) in [6, 6.07) is 13.9. The molecule has 1 saturated heterocycles. The van der Waals surface area contributed by atoms with E-state index in [4.69, 9.17) is 5.73 Å². The van der Waals surface area contributed by atoms with Crippen LogP contribution in [0.5, 0.6) is 0 Å². The molecule has 2 aromatic rings. The average molecular weight is 548 g/mol. The number of carbonyl (C=O) groups is 2. The maximum atomic E-state index is 13.2. The molecule has 0 radical (unpaired) electrons. The number of anilines is 1. The summed E-state index contributed by atoms with van der Waals surface area (Å²) in [6.45, 7) is 6.14. The van der Waals surface area contributed by atoms with Crippen LogP contribution in [0.25, 0.3) is 0 Å². The molecule has 2 amide bonds. The number of sulfonamides is 1. The van der Waals surface area contributed by atoms with Gasteiger partial charge in [0.15, 0.2) is 0 Å². The van der Waals surface area contributed by atoms with Gasteiger partial charge < -0.3 is 16.4 Å². The summed E-state index contributed by atoms with van der Waals surface area (Å²) in [5, 5.41) is 5.75. The first-order valence-electron chi connectivity index (χ1n) is 12.8. The van der Waals surface area contributed by atoms with Crippen molar-refractivity contribution in [3.63, 3.8) is 0 Å². The topological polar surface area (TPSA) is 125 Å². The van der Waals surface area contributed by atoms with E-state index < -0.39 is 33.8 Å². The lowest BCUT2D eigenvalue weighted by atomic mass is 9.92. The third kappa shape index (κ3) is 8.59. The molecule has 2 aromatic carbocycles. The van der Waals surface area contributed by atoms with Crippen molar-refractivity contribution in [1.82, 2.24) is 14.5 Å². The standard InChI is InChI=1S/C27H38FN5O4S/c1-19(2)33-14-13-32(18-38(33,36)37)17-26(34)31-25(16-21-7-5-4-6-8-21)24(29)15-20(3)27(35)30-23-11-9-22(28)10-12-23/h4-12,19-20,24-25H,13-18,29H2,1-3H3,(H,30,35)(H,31,34)/t20-,24+,25+/m1/s1. The van der Waals surface area contributed by atoms with Crippen LogP contribution in [0, 0.1) is 11.7 Å². The lowest BCUT2D eigenvalue weighted by Crippen LogP contribution is -2.56. The minimum atomic E-state index is -3.48. The smallest absolute Gasteiger partial charge is 0.234 e. The van der Waals surface area contributed by atoms with Crippen molar-refractivity contribution in [2.45, 2.75) is 51.7 Å². The number of halogens is 1. The SMILES string of the molecule is CC(C)N1CCN(CC(=O)N[C@@H](Cc2ccccc2)[C@@H](N)C[C@@H](C)C(=O)Nc2ccc(F)cc2)CS1(=O)=O. The summed E-state index contributed by atoms with van der Waals surface area (Å²) in [5.41, 5.74) is 7.99. The van der Waals surface area contributed by atoms with E-state index in [0.29, 0.717) is 31.6 Å². The fourth-order valence-electron chi connectivity index (χ4n) is 4.56. The number of nitrogens with two attached hydrogens (primary N) is 1. The van der Waals surface area contributed by atoms with Gasteiger partial charge in [0, 0.05) is 42.8 Å². The molecule has 0 unspecified atom stereocenters. The molecule has 1 aliphatic rings. The molecule has 1 heterocycles. The van der Waals surface area contributed by atoms with E-state index in [-0.39, 0.29) is 30.3 Å². The Kier molecular flexibility index (Phi) is 10.4. The Morgan fingerprint density at radius 2 is 1.68 bits per heavy atom. The first-order chi connectivity index (χ1) is 17.9. The van der Waals surface area contributed by atoms with Crippen LogP contribution >= 0.6 is 0 Å². The Bertz CT molecular complexity index is 1180. The zero-order chi connectivity index (χ0) is 27.9. The number of amides is 2. The van der Waals surface area contributed by atoms with Gasteiger partial charge in [0.1, 0.15) is 11.7 Å². The molecule has 0 aromatic heterocycles. The summed E-state index contributed by atoms with van der Waals surface area (Å²) < 4.78 is 39.8. The molecule has 208 valence electrons. The Morgan fingerprint density at radius 3 is 2.29 bits per heavy atom. The molecule has 0 spiro atoms. The normalized spacial score (nSPS) is 18.5. The van der Waals surface area contributed by atoms with Crippen molar-refractivity contribution in [3.8, 4) is 0 Å². The van der Waals surface area contributed by atoms with Gasteiger partial charge in [-0.1, -0.05) is 37.3 Å². The van der Waals surface area contributed by atoms with Crippen LogP contribution in [0.1, 0.15) is 32.8 Å². The summed E-state index contributed by atoms with van der Waals surface area (Å²) in [6.07, 6.45) is 0.756. The second kappa shape index (κ2) is 13.3. The summed E-state index contributed by atoms with van der Waals surface area (Å²) in [7, 11) is -3.48. The van der Waals surface area contributed by atoms with Crippen LogP contribution in [0.2, 0.25) is 0 Å². The second-order valence-electron chi connectivity index (χ2n) is 10.2. The highest BCUT2D eigenvalue weighted by Gasteiger charge is 2.33. The number of benzene rings is 2. The van der Waals surface area contributed by atoms with Gasteiger partial charge in [0.05, 0.1) is 6.54 Å². The van der Waals surface area contributed by atoms with Crippen LogP contribution < -0.4 is 16.4 Å². The zero-order valence-corrected chi connectivity index (χ0v) is 23.0. The number of nitrogens with one attached hydrogen (secondary N) is 2. The van der Waals surface area contributed by atoms with Crippen molar-refractivity contribution in [2.24, 2.45) is 11.7 Å². The average Bonchev–Trinajstić information content (AvgIpc) is 2.84. The minimum Gasteiger partial charge on any atom is -0.350 e. The zero-order valence-electron chi connectivity index (χ0n) is 22.1. The Hall–Kier alpha value is -2.86. The molecule has 1 fully saturated rings. The third-order valence-electron chi connectivity index (χ3n) is 6.63. The van der Waals surface area contributed by atoms with Gasteiger partial charge in [-0.15, -0.1) is 0 Å². The molecule has 3 rings (SSSR count). The Morgan fingerprint density at radius 1 is 1.03 bits per heavy atom. The lowest BCUT2D eigenvalue weighted by molar-refractivity contribution is -0.123. The van der Waals surface area contributed by atoms with Crippen LogP contribution in [-0.2, 0) is 26.0 Å². The van der Waals surface area contributed by atoms with E-state index >= 15 is 0 Å². The Balaban J connectivity index is 1.63. The molecule has 4 N–H and O–H groups in total. The number of hydrogen-bond donors (Lipinski definition) is 3. The first-order valence-corrected chi connectivity index (χ1v) is 14.4. The van der Waals surface area contributed by atoms with Gasteiger partial charge in [-0.3, -0.25) is 14.5 Å². The molecule has 9 nitrogen and oxygen atoms in total. The van der Waals surface area contributed by atoms with Crippen molar-refractivity contribution in [3.05, 3.63) is 66.0 Å². The van der Waals surface area contributed by atoms with Crippen LogP contribution in [0.3, 0.4) is 0 Å². The fraction of sp³-hybridized carbons (Fsp3) is 0.481. The van der Waals surface area contributed by atoms with Gasteiger partial charge in [0.25, 0.3) is 0 Å². The van der Waals surface area contributed by atoms with Crippen LogP contribution in [-0.4, -0.2) is 73.1 Å². The van der Waals surface area contributed by atoms with Gasteiger partial charge in [0.2, 0.25) is 21.8 Å². The minimum absolute atomic E-state index is 0.0657. The highest BCUT2D eigenvalue weighted by molar-refractivity contribution is 7.89. The number of nitrogens with zero attached hydrogens (tertiary/aromatic N) is 2. The quantitative estimate of drug-likeness (QED) is 0.396. The van der Waals surface area contributed by atoms with E-state index in [1.807, 2.05) is 44.2 Å². The van der Waals surface area contributed by atoms with Crippen LogP contribution in [0.15, 0.2) is 54.6 Å². The highest BCUT2D eigenvalue weighted by Crippen LogP contribution is 2.17. The van der Waals surface area contributed by atoms with Gasteiger partial charge in [-0.2, -0.15) is 4.31 Å². The lowest BCUT2D eigenvalue weighted by Gasteiger charge is -2.36. The molecular formula is C27H38FN5O4S. The molecule has 3 atom stereocenters. The molecule has 38 heavy (non-hydrogen) atoms. The number of rotatable bonds is 11. The molecular weight excluding hydrogens is 509 g/mol. The largest absolute Gasteiger partial charge is 0.350 e. The van der Waals surface area contributed by atoms with E-state index in [0.717, 1.165) is 5.56 Å². The van der Waals surface area contributed by atoms with E-state index in [1.54, 1.807) is 11.8 Å². The number of hydrogen-bond acceptors (Lipinski definition) is 6. The van der Waals surface area contributed by atoms with Crippen LogP contribution in [0.4, 0.5) is 10.1 Å². The monoisotopic (exact) mass is 547 g/mol. The molecule has 11 heteroatoms. The van der Waals surface area contributed by atoms with Crippen molar-refractivity contribution in [2.75, 3.05) is 30.8 Å². The number of carbonyl (C=O) groups excluding carboxylic acids is 2. The fourth-order valence-corrected chi connectivity index (χ4v) is 6.40. The molecule has 0 saturated carbocycles. The maximum absolute atomic E-state index is 13.2. The van der Waals surface area contributed by atoms with Gasteiger partial charge >= 0.3 is 0 Å². The third-order valence-corrected chi connectivity index (χ3v) is 8.64. The predicted molar refractivity (Wildman–Crippen MR) is 146 cm³/mol. The predicted octanol–water partition coefficient (Wildman–Crippen LogP) is 2.16. The summed E-state index contributed by atoms with van der Waals surface area (Å²) in [5.74, 6) is -1.66. The van der Waals surface area contributed by atoms with Gasteiger partial charge in [-0.25, -0.2) is 12.8 Å². The van der Waals surface area contributed by atoms with Crippen molar-refractivity contribution >= 4 is 27.5 Å². The maximum Gasteiger partial charge on any atom is 0.234 e. The molecule has 1 aliphatic heterocycles. The Labute approximate surface area is 224 Å².